The van der Waals surface area contributed by atoms with Crippen molar-refractivity contribution >= 4 is 34.1 Å². The predicted molar refractivity (Wildman–Crippen MR) is 111 cm³/mol. The Hall–Kier alpha value is -1.86. The molecule has 0 bridgehead atoms. The van der Waals surface area contributed by atoms with Gasteiger partial charge in [0.1, 0.15) is 0 Å². The second kappa shape index (κ2) is 10.3. The summed E-state index contributed by atoms with van der Waals surface area (Å²) in [5, 5.41) is 15.0. The van der Waals surface area contributed by atoms with Crippen molar-refractivity contribution in [2.75, 3.05) is 17.6 Å². The van der Waals surface area contributed by atoms with Crippen LogP contribution in [0.1, 0.15) is 37.9 Å². The maximum Gasteiger partial charge on any atom is 0.230 e. The van der Waals surface area contributed by atoms with E-state index in [2.05, 4.69) is 65.5 Å². The number of anilines is 1. The van der Waals surface area contributed by atoms with Crippen molar-refractivity contribution in [2.24, 2.45) is 5.92 Å². The fraction of sp³-hybridized carbons (Fsp3) is 0.421. The van der Waals surface area contributed by atoms with Crippen LogP contribution in [0, 0.1) is 5.92 Å². The minimum Gasteiger partial charge on any atom is -0.357 e. The van der Waals surface area contributed by atoms with E-state index in [1.54, 1.807) is 6.08 Å². The summed E-state index contributed by atoms with van der Waals surface area (Å²) in [6, 6.07) is 8.46. The number of carbonyl (C=O) groups is 1. The predicted octanol–water partition coefficient (Wildman–Crippen LogP) is 4.30. The molecule has 1 aromatic carbocycles. The lowest BCUT2D eigenvalue weighted by Crippen LogP contribution is -2.28. The second-order valence-corrected chi connectivity index (χ2v) is 8.66. The van der Waals surface area contributed by atoms with E-state index in [-0.39, 0.29) is 11.9 Å². The van der Waals surface area contributed by atoms with Crippen molar-refractivity contribution in [2.45, 2.75) is 37.6 Å². The topological polar surface area (TPSA) is 66.9 Å². The third-order valence-electron chi connectivity index (χ3n) is 3.63. The molecule has 0 unspecified atom stereocenters. The zero-order valence-corrected chi connectivity index (χ0v) is 17.1. The Morgan fingerprint density at radius 1 is 1.27 bits per heavy atom. The highest BCUT2D eigenvalue weighted by atomic mass is 32.2. The summed E-state index contributed by atoms with van der Waals surface area (Å²) >= 11 is 2.83. The van der Waals surface area contributed by atoms with Crippen molar-refractivity contribution in [3.05, 3.63) is 48.0 Å². The van der Waals surface area contributed by atoms with Crippen LogP contribution in [0.3, 0.4) is 0 Å². The van der Waals surface area contributed by atoms with Crippen LogP contribution in [-0.2, 0) is 11.2 Å². The Morgan fingerprint density at radius 3 is 2.65 bits per heavy atom. The SMILES string of the molecule is C=CCNc1nnc(SCC(=O)N[C@H](C)c2ccc(CC(C)C)cc2)s1. The smallest absolute Gasteiger partial charge is 0.230 e. The molecule has 2 rings (SSSR count). The average molecular weight is 391 g/mol. The first-order chi connectivity index (χ1) is 12.5. The first-order valence-corrected chi connectivity index (χ1v) is 10.5. The van der Waals surface area contributed by atoms with Gasteiger partial charge in [-0.15, -0.1) is 16.8 Å². The van der Waals surface area contributed by atoms with Crippen molar-refractivity contribution in [1.82, 2.24) is 15.5 Å². The molecule has 1 atom stereocenters. The van der Waals surface area contributed by atoms with Gasteiger partial charge in [0, 0.05) is 6.54 Å². The molecule has 0 spiro atoms. The molecule has 0 aliphatic carbocycles. The summed E-state index contributed by atoms with van der Waals surface area (Å²) in [5.74, 6) is 0.957. The van der Waals surface area contributed by atoms with E-state index < -0.39 is 0 Å². The minimum atomic E-state index is -0.0181. The first kappa shape index (κ1) is 20.5. The van der Waals surface area contributed by atoms with E-state index in [4.69, 9.17) is 0 Å². The highest BCUT2D eigenvalue weighted by Crippen LogP contribution is 2.25. The standard InChI is InChI=1S/C19H26N4OS2/c1-5-10-20-18-22-23-19(26-18)25-12-17(24)21-14(4)16-8-6-15(7-9-16)11-13(2)3/h5-9,13-14H,1,10-12H2,2-4H3,(H,20,22)(H,21,24)/t14-/m1/s1. The molecule has 1 aromatic heterocycles. The van der Waals surface area contributed by atoms with Gasteiger partial charge in [-0.3, -0.25) is 4.79 Å². The molecule has 1 amide bonds. The molecule has 2 N–H and O–H groups in total. The lowest BCUT2D eigenvalue weighted by molar-refractivity contribution is -0.119. The van der Waals surface area contributed by atoms with Crippen molar-refractivity contribution < 1.29 is 4.79 Å². The molecular weight excluding hydrogens is 364 g/mol. The molecule has 0 saturated heterocycles. The van der Waals surface area contributed by atoms with Gasteiger partial charge in [-0.2, -0.15) is 0 Å². The lowest BCUT2D eigenvalue weighted by Gasteiger charge is -2.15. The summed E-state index contributed by atoms with van der Waals surface area (Å²) in [6.07, 6.45) is 2.83. The third kappa shape index (κ3) is 6.80. The van der Waals surface area contributed by atoms with E-state index in [0.717, 1.165) is 21.5 Å². The number of rotatable bonds is 10. The summed E-state index contributed by atoms with van der Waals surface area (Å²) < 4.78 is 0.775. The van der Waals surface area contributed by atoms with Gasteiger partial charge in [0.15, 0.2) is 4.34 Å². The molecule has 7 heteroatoms. The Labute approximate surface area is 163 Å². The number of amides is 1. The van der Waals surface area contributed by atoms with Gasteiger partial charge in [-0.25, -0.2) is 0 Å². The zero-order chi connectivity index (χ0) is 18.9. The van der Waals surface area contributed by atoms with Crippen LogP contribution in [0.15, 0.2) is 41.3 Å². The van der Waals surface area contributed by atoms with Gasteiger partial charge in [-0.1, -0.05) is 67.3 Å². The number of aromatic nitrogens is 2. The number of nitrogens with zero attached hydrogens (tertiary/aromatic N) is 2. The summed E-state index contributed by atoms with van der Waals surface area (Å²) in [4.78, 5) is 12.2. The van der Waals surface area contributed by atoms with Gasteiger partial charge in [-0.05, 0) is 30.4 Å². The van der Waals surface area contributed by atoms with Crippen LogP contribution in [0.25, 0.3) is 0 Å². The van der Waals surface area contributed by atoms with Crippen LogP contribution in [0.2, 0.25) is 0 Å². The number of carbonyl (C=O) groups excluding carboxylic acids is 1. The highest BCUT2D eigenvalue weighted by Gasteiger charge is 2.12. The highest BCUT2D eigenvalue weighted by molar-refractivity contribution is 8.01. The van der Waals surface area contributed by atoms with E-state index in [9.17, 15) is 4.79 Å². The molecule has 5 nitrogen and oxygen atoms in total. The molecule has 0 aliphatic rings. The van der Waals surface area contributed by atoms with Crippen molar-refractivity contribution in [3.8, 4) is 0 Å². The van der Waals surface area contributed by atoms with Crippen LogP contribution in [0.5, 0.6) is 0 Å². The van der Waals surface area contributed by atoms with E-state index in [1.165, 1.54) is 28.7 Å². The zero-order valence-electron chi connectivity index (χ0n) is 15.5. The molecule has 0 saturated carbocycles. The number of hydrogen-bond donors (Lipinski definition) is 2. The van der Waals surface area contributed by atoms with Crippen molar-refractivity contribution in [3.63, 3.8) is 0 Å². The average Bonchev–Trinajstić information content (AvgIpc) is 3.06. The molecule has 1 heterocycles. The Bertz CT molecular complexity index is 713. The molecule has 0 aliphatic heterocycles. The number of nitrogens with one attached hydrogen (secondary N) is 2. The summed E-state index contributed by atoms with van der Waals surface area (Å²) in [5.41, 5.74) is 2.44. The molecule has 0 radical (unpaired) electrons. The quantitative estimate of drug-likeness (QED) is 0.467. The monoisotopic (exact) mass is 390 g/mol. The fourth-order valence-electron chi connectivity index (χ4n) is 2.41. The molecule has 26 heavy (non-hydrogen) atoms. The maximum absolute atomic E-state index is 12.2. The van der Waals surface area contributed by atoms with Gasteiger partial charge in [0.2, 0.25) is 11.0 Å². The van der Waals surface area contributed by atoms with E-state index >= 15 is 0 Å². The van der Waals surface area contributed by atoms with E-state index in [0.29, 0.717) is 18.2 Å². The number of benzene rings is 1. The van der Waals surface area contributed by atoms with Crippen LogP contribution in [0.4, 0.5) is 5.13 Å². The lowest BCUT2D eigenvalue weighted by atomic mass is 10.00. The van der Waals surface area contributed by atoms with Crippen LogP contribution < -0.4 is 10.6 Å². The van der Waals surface area contributed by atoms with Crippen LogP contribution >= 0.6 is 23.1 Å². The van der Waals surface area contributed by atoms with Crippen LogP contribution in [-0.4, -0.2) is 28.4 Å². The first-order valence-electron chi connectivity index (χ1n) is 8.67. The minimum absolute atomic E-state index is 0.00967. The number of thioether (sulfide) groups is 1. The maximum atomic E-state index is 12.2. The number of hydrogen-bond acceptors (Lipinski definition) is 6. The largest absolute Gasteiger partial charge is 0.357 e. The van der Waals surface area contributed by atoms with Crippen molar-refractivity contribution in [1.29, 1.82) is 0 Å². The molecular formula is C19H26N4OS2. The van der Waals surface area contributed by atoms with Gasteiger partial charge < -0.3 is 10.6 Å². The molecule has 140 valence electrons. The molecule has 2 aromatic rings. The Kier molecular flexibility index (Phi) is 8.12. The third-order valence-corrected chi connectivity index (χ3v) is 5.65. The van der Waals surface area contributed by atoms with Gasteiger partial charge in [0.05, 0.1) is 11.8 Å². The summed E-state index contributed by atoms with van der Waals surface area (Å²) in [7, 11) is 0. The Morgan fingerprint density at radius 2 is 2.00 bits per heavy atom. The van der Waals surface area contributed by atoms with Gasteiger partial charge in [0.25, 0.3) is 0 Å². The Balaban J connectivity index is 1.79. The summed E-state index contributed by atoms with van der Waals surface area (Å²) in [6.45, 7) is 10.7. The van der Waals surface area contributed by atoms with Gasteiger partial charge >= 0.3 is 0 Å². The second-order valence-electron chi connectivity index (χ2n) is 6.46. The molecule has 0 fully saturated rings. The fourth-order valence-corrected chi connectivity index (χ4v) is 3.98. The van der Waals surface area contributed by atoms with E-state index in [1.807, 2.05) is 6.92 Å². The normalized spacial score (nSPS) is 12.0.